The third kappa shape index (κ3) is 9.84. The largest absolute Gasteiger partial charge is 0.508 e. The molecule has 0 aromatic heterocycles. The number of hydrogen-bond acceptors (Lipinski definition) is 6. The number of nitrogens with two attached hydrogens (primary N) is 1. The summed E-state index contributed by atoms with van der Waals surface area (Å²) in [7, 11) is 0. The zero-order chi connectivity index (χ0) is 26.8. The van der Waals surface area contributed by atoms with Crippen molar-refractivity contribution >= 4 is 23.8 Å². The lowest BCUT2D eigenvalue weighted by atomic mass is 10.00. The Kier molecular flexibility index (Phi) is 11.5. The molecule has 0 radical (unpaired) electrons. The zero-order valence-corrected chi connectivity index (χ0v) is 21.6. The van der Waals surface area contributed by atoms with E-state index in [0.717, 1.165) is 12.8 Å². The average molecular weight is 493 g/mol. The molecule has 0 spiro atoms. The first-order valence-corrected chi connectivity index (χ1v) is 12.0. The summed E-state index contributed by atoms with van der Waals surface area (Å²) in [6.45, 7) is 10.8. The second-order valence-corrected chi connectivity index (χ2v) is 9.56. The predicted octanol–water partition coefficient (Wildman–Crippen LogP) is 2.75. The molecule has 1 rings (SSSR count). The summed E-state index contributed by atoms with van der Waals surface area (Å²) < 4.78 is 5.24. The van der Waals surface area contributed by atoms with Crippen molar-refractivity contribution in [2.45, 2.75) is 91.0 Å². The number of carbonyl (C=O) groups excluding carboxylic acids is 4. The topological polar surface area (TPSA) is 151 Å². The minimum absolute atomic E-state index is 0.124. The summed E-state index contributed by atoms with van der Waals surface area (Å²) >= 11 is 0. The summed E-state index contributed by atoms with van der Waals surface area (Å²) in [5.41, 5.74) is 4.75. The van der Waals surface area contributed by atoms with Crippen LogP contribution < -0.4 is 16.4 Å². The Bertz CT molecular complexity index is 883. The molecule has 5 N–H and O–H groups in total. The van der Waals surface area contributed by atoms with Gasteiger partial charge in [-0.3, -0.25) is 14.4 Å². The number of primary amides is 1. The monoisotopic (exact) mass is 492 g/mol. The van der Waals surface area contributed by atoms with Crippen molar-refractivity contribution in [2.75, 3.05) is 6.54 Å². The van der Waals surface area contributed by atoms with E-state index in [1.807, 2.05) is 20.8 Å². The summed E-state index contributed by atoms with van der Waals surface area (Å²) in [4.78, 5) is 52.5. The Morgan fingerprint density at radius 1 is 1.09 bits per heavy atom. The minimum Gasteiger partial charge on any atom is -0.508 e. The molecule has 4 amide bonds. The van der Waals surface area contributed by atoms with Crippen molar-refractivity contribution in [3.8, 4) is 5.75 Å². The summed E-state index contributed by atoms with van der Waals surface area (Å²) in [6, 6.07) is 3.53. The van der Waals surface area contributed by atoms with Gasteiger partial charge in [0.25, 0.3) is 0 Å². The highest BCUT2D eigenvalue weighted by Crippen LogP contribution is 2.30. The molecule has 10 heteroatoms. The van der Waals surface area contributed by atoms with E-state index in [1.54, 1.807) is 39.0 Å². The lowest BCUT2D eigenvalue weighted by Gasteiger charge is -2.35. The maximum Gasteiger partial charge on any atom is 0.408 e. The first kappa shape index (κ1) is 29.7. The molecular weight excluding hydrogens is 452 g/mol. The van der Waals surface area contributed by atoms with Gasteiger partial charge in [0.1, 0.15) is 23.4 Å². The zero-order valence-electron chi connectivity index (χ0n) is 21.6. The van der Waals surface area contributed by atoms with Crippen molar-refractivity contribution in [1.82, 2.24) is 15.5 Å². The van der Waals surface area contributed by atoms with E-state index in [0.29, 0.717) is 6.42 Å². The fraction of sp³-hybridized carbons (Fsp3) is 0.600. The van der Waals surface area contributed by atoms with Gasteiger partial charge >= 0.3 is 6.09 Å². The molecule has 35 heavy (non-hydrogen) atoms. The number of amides is 4. The number of hydrogen-bond donors (Lipinski definition) is 4. The molecular formula is C25H40N4O6. The number of benzene rings is 1. The standard InChI is InChI=1S/C25H40N4O6/c1-7-11-16(3)27-22(32)21(17-12-9-10-13-19(17)30)29(14-8-2)23(33)18(15-20(26)31)28-24(34)35-25(4,5)6/h9-10,12-13,16,18,21,30H,7-8,11,14-15H2,1-6H3,(H2,26,31)(H,27,32)(H,28,34). The Labute approximate surface area is 207 Å². The number of nitrogens with one attached hydrogen (secondary N) is 2. The lowest BCUT2D eigenvalue weighted by molar-refractivity contribution is -0.143. The third-order valence-electron chi connectivity index (χ3n) is 5.04. The Morgan fingerprint density at radius 3 is 2.23 bits per heavy atom. The SMILES string of the molecule is CCCC(C)NC(=O)C(c1ccccc1O)N(CCC)C(=O)C(CC(N)=O)NC(=O)OC(C)(C)C. The highest BCUT2D eigenvalue weighted by Gasteiger charge is 2.37. The summed E-state index contributed by atoms with van der Waals surface area (Å²) in [5.74, 6) is -2.14. The number of alkyl carbamates (subject to hydrolysis) is 1. The van der Waals surface area contributed by atoms with Gasteiger partial charge < -0.3 is 31.1 Å². The first-order chi connectivity index (χ1) is 16.3. The highest BCUT2D eigenvalue weighted by molar-refractivity contribution is 5.94. The van der Waals surface area contributed by atoms with E-state index in [4.69, 9.17) is 10.5 Å². The van der Waals surface area contributed by atoms with E-state index < -0.39 is 47.9 Å². The highest BCUT2D eigenvalue weighted by atomic mass is 16.6. The van der Waals surface area contributed by atoms with Crippen molar-refractivity contribution in [1.29, 1.82) is 0 Å². The molecule has 0 aliphatic heterocycles. The van der Waals surface area contributed by atoms with Crippen LogP contribution in [0.1, 0.15) is 78.8 Å². The Morgan fingerprint density at radius 2 is 1.71 bits per heavy atom. The van der Waals surface area contributed by atoms with Crippen LogP contribution in [0.5, 0.6) is 5.75 Å². The quantitative estimate of drug-likeness (QED) is 0.352. The van der Waals surface area contributed by atoms with Gasteiger partial charge in [-0.25, -0.2) is 4.79 Å². The molecule has 0 saturated carbocycles. The van der Waals surface area contributed by atoms with Crippen LogP contribution in [-0.2, 0) is 19.1 Å². The van der Waals surface area contributed by atoms with Gasteiger partial charge in [0, 0.05) is 18.2 Å². The normalized spacial score (nSPS) is 13.8. The van der Waals surface area contributed by atoms with Crippen molar-refractivity contribution < 1.29 is 29.0 Å². The average Bonchev–Trinajstić information content (AvgIpc) is 2.72. The molecule has 10 nitrogen and oxygen atoms in total. The second kappa shape index (κ2) is 13.6. The minimum atomic E-state index is -1.36. The van der Waals surface area contributed by atoms with Gasteiger partial charge in [-0.05, 0) is 46.6 Å². The van der Waals surface area contributed by atoms with Gasteiger partial charge in [0.05, 0.1) is 6.42 Å². The smallest absolute Gasteiger partial charge is 0.408 e. The van der Waals surface area contributed by atoms with Gasteiger partial charge in [-0.2, -0.15) is 0 Å². The second-order valence-electron chi connectivity index (χ2n) is 9.56. The predicted molar refractivity (Wildman–Crippen MR) is 132 cm³/mol. The van der Waals surface area contributed by atoms with E-state index in [9.17, 15) is 24.3 Å². The molecule has 0 saturated heterocycles. The molecule has 0 aliphatic rings. The fourth-order valence-corrected chi connectivity index (χ4v) is 3.66. The van der Waals surface area contributed by atoms with E-state index >= 15 is 0 Å². The van der Waals surface area contributed by atoms with Crippen molar-refractivity contribution in [2.24, 2.45) is 5.73 Å². The van der Waals surface area contributed by atoms with Gasteiger partial charge in [0.2, 0.25) is 17.7 Å². The van der Waals surface area contributed by atoms with Crippen LogP contribution in [0.3, 0.4) is 0 Å². The van der Waals surface area contributed by atoms with Crippen LogP contribution in [-0.4, -0.2) is 58.1 Å². The Balaban J connectivity index is 3.45. The number of phenols is 1. The third-order valence-corrected chi connectivity index (χ3v) is 5.04. The fourth-order valence-electron chi connectivity index (χ4n) is 3.66. The number of phenolic OH excluding ortho intramolecular Hbond substituents is 1. The van der Waals surface area contributed by atoms with E-state index in [-0.39, 0.29) is 23.9 Å². The molecule has 0 aliphatic carbocycles. The molecule has 3 atom stereocenters. The number of carbonyl (C=O) groups is 4. The Hall–Kier alpha value is -3.30. The van der Waals surface area contributed by atoms with E-state index in [1.165, 1.54) is 11.0 Å². The number of para-hydroxylation sites is 1. The van der Waals surface area contributed by atoms with Gasteiger partial charge in [-0.1, -0.05) is 38.5 Å². The van der Waals surface area contributed by atoms with Crippen LogP contribution in [0, 0.1) is 0 Å². The molecule has 3 unspecified atom stereocenters. The number of ether oxygens (including phenoxy) is 1. The van der Waals surface area contributed by atoms with Crippen molar-refractivity contribution in [3.05, 3.63) is 29.8 Å². The molecule has 1 aromatic rings. The first-order valence-electron chi connectivity index (χ1n) is 12.0. The van der Waals surface area contributed by atoms with Crippen molar-refractivity contribution in [3.63, 3.8) is 0 Å². The number of rotatable bonds is 12. The number of nitrogens with zero attached hydrogens (tertiary/aromatic N) is 1. The molecule has 0 bridgehead atoms. The lowest BCUT2D eigenvalue weighted by Crippen LogP contribution is -2.54. The molecule has 196 valence electrons. The van der Waals surface area contributed by atoms with Crippen LogP contribution in [0.4, 0.5) is 4.79 Å². The van der Waals surface area contributed by atoms with E-state index in [2.05, 4.69) is 10.6 Å². The van der Waals surface area contributed by atoms with Crippen LogP contribution >= 0.6 is 0 Å². The maximum absolute atomic E-state index is 13.7. The molecule has 1 aromatic carbocycles. The summed E-state index contributed by atoms with van der Waals surface area (Å²) in [6.07, 6.45) is 0.670. The maximum atomic E-state index is 13.7. The summed E-state index contributed by atoms with van der Waals surface area (Å²) in [5, 5.41) is 15.9. The molecule has 0 heterocycles. The number of aromatic hydroxyl groups is 1. The van der Waals surface area contributed by atoms with Crippen LogP contribution in [0.25, 0.3) is 0 Å². The van der Waals surface area contributed by atoms with Gasteiger partial charge in [0.15, 0.2) is 0 Å². The van der Waals surface area contributed by atoms with Gasteiger partial charge in [-0.15, -0.1) is 0 Å². The van der Waals surface area contributed by atoms with Crippen LogP contribution in [0.15, 0.2) is 24.3 Å². The van der Waals surface area contributed by atoms with Crippen LogP contribution in [0.2, 0.25) is 0 Å². The molecule has 0 fully saturated rings.